The van der Waals surface area contributed by atoms with Crippen LogP contribution in [0.15, 0.2) is 17.1 Å². The molecule has 1 saturated heterocycles. The van der Waals surface area contributed by atoms with E-state index in [1.54, 1.807) is 11.6 Å². The third kappa shape index (κ3) is 2.82. The number of nitrogens with zero attached hydrogens (tertiary/aromatic N) is 3. The Labute approximate surface area is 141 Å². The molecule has 0 unspecified atom stereocenters. The molecule has 2 heterocycles. The SMILES string of the molecule is Cc1ccc(Cl)c2sc(=NC(=O)CN3C(=O)CCC3=O)n(C)c12. The quantitative estimate of drug-likeness (QED) is 0.774. The van der Waals surface area contributed by atoms with Gasteiger partial charge in [-0.3, -0.25) is 19.3 Å². The Balaban J connectivity index is 1.98. The second kappa shape index (κ2) is 5.90. The lowest BCUT2D eigenvalue weighted by Crippen LogP contribution is -2.34. The van der Waals surface area contributed by atoms with Gasteiger partial charge in [-0.1, -0.05) is 29.0 Å². The summed E-state index contributed by atoms with van der Waals surface area (Å²) in [6.07, 6.45) is 0.329. The number of aryl methyl sites for hydroxylation is 2. The first-order valence-electron chi connectivity index (χ1n) is 7.04. The van der Waals surface area contributed by atoms with Crippen molar-refractivity contribution in [3.8, 4) is 0 Å². The number of thiazole rings is 1. The van der Waals surface area contributed by atoms with Crippen molar-refractivity contribution in [3.05, 3.63) is 27.5 Å². The molecule has 1 fully saturated rings. The van der Waals surface area contributed by atoms with Crippen LogP contribution in [0.25, 0.3) is 10.2 Å². The second-order valence-electron chi connectivity index (χ2n) is 5.36. The predicted molar refractivity (Wildman–Crippen MR) is 87.1 cm³/mol. The Bertz CT molecular complexity index is 897. The summed E-state index contributed by atoms with van der Waals surface area (Å²) < 4.78 is 2.65. The first-order valence-corrected chi connectivity index (χ1v) is 8.23. The van der Waals surface area contributed by atoms with Crippen molar-refractivity contribution in [1.29, 1.82) is 0 Å². The molecule has 0 N–H and O–H groups in total. The number of likely N-dealkylation sites (tertiary alicyclic amines) is 1. The van der Waals surface area contributed by atoms with Crippen LogP contribution in [-0.2, 0) is 21.4 Å². The fraction of sp³-hybridized carbons (Fsp3) is 0.333. The molecule has 0 spiro atoms. The number of carbonyl (C=O) groups excluding carboxylic acids is 3. The lowest BCUT2D eigenvalue weighted by molar-refractivity contribution is -0.141. The maximum atomic E-state index is 12.1. The third-order valence-electron chi connectivity index (χ3n) is 3.77. The van der Waals surface area contributed by atoms with Gasteiger partial charge in [0.2, 0.25) is 11.8 Å². The van der Waals surface area contributed by atoms with Gasteiger partial charge in [0.05, 0.1) is 15.2 Å². The van der Waals surface area contributed by atoms with E-state index in [2.05, 4.69) is 4.99 Å². The molecule has 0 saturated carbocycles. The zero-order valence-electron chi connectivity index (χ0n) is 12.6. The molecule has 0 aliphatic carbocycles. The maximum absolute atomic E-state index is 12.1. The number of benzene rings is 1. The minimum atomic E-state index is -0.524. The van der Waals surface area contributed by atoms with E-state index < -0.39 is 5.91 Å². The molecule has 1 aromatic heterocycles. The van der Waals surface area contributed by atoms with Gasteiger partial charge in [0, 0.05) is 19.9 Å². The molecule has 1 aliphatic heterocycles. The van der Waals surface area contributed by atoms with Crippen LogP contribution in [0.3, 0.4) is 0 Å². The summed E-state index contributed by atoms with van der Waals surface area (Å²) >= 11 is 7.51. The standard InChI is InChI=1S/C15H14ClN3O3S/c1-8-3-4-9(16)14-13(8)18(2)15(23-14)17-10(20)7-19-11(21)5-6-12(19)22/h3-4H,5-7H2,1-2H3. The van der Waals surface area contributed by atoms with E-state index in [1.165, 1.54) is 11.3 Å². The lowest BCUT2D eigenvalue weighted by atomic mass is 10.2. The fourth-order valence-electron chi connectivity index (χ4n) is 2.59. The molecule has 120 valence electrons. The van der Waals surface area contributed by atoms with Crippen LogP contribution in [-0.4, -0.2) is 33.7 Å². The molecule has 23 heavy (non-hydrogen) atoms. The van der Waals surface area contributed by atoms with Crippen LogP contribution in [0.5, 0.6) is 0 Å². The van der Waals surface area contributed by atoms with Crippen molar-refractivity contribution < 1.29 is 14.4 Å². The number of carbonyl (C=O) groups is 3. The minimum Gasteiger partial charge on any atom is -0.319 e. The molecule has 0 atom stereocenters. The summed E-state index contributed by atoms with van der Waals surface area (Å²) in [5.41, 5.74) is 1.95. The summed E-state index contributed by atoms with van der Waals surface area (Å²) in [6, 6.07) is 3.72. The van der Waals surface area contributed by atoms with Gasteiger partial charge >= 0.3 is 0 Å². The number of imide groups is 1. The van der Waals surface area contributed by atoms with Crippen LogP contribution < -0.4 is 4.80 Å². The predicted octanol–water partition coefficient (Wildman–Crippen LogP) is 1.78. The highest BCUT2D eigenvalue weighted by atomic mass is 35.5. The fourth-order valence-corrected chi connectivity index (χ4v) is 3.98. The Morgan fingerprint density at radius 1 is 1.30 bits per heavy atom. The van der Waals surface area contributed by atoms with Crippen LogP contribution in [0, 0.1) is 6.92 Å². The van der Waals surface area contributed by atoms with E-state index in [1.807, 2.05) is 19.1 Å². The van der Waals surface area contributed by atoms with E-state index in [0.29, 0.717) is 9.82 Å². The summed E-state index contributed by atoms with van der Waals surface area (Å²) in [7, 11) is 1.81. The summed E-state index contributed by atoms with van der Waals surface area (Å²) in [6.45, 7) is 1.65. The molecule has 3 amide bonds. The topological polar surface area (TPSA) is 71.7 Å². The smallest absolute Gasteiger partial charge is 0.268 e. The molecule has 6 nitrogen and oxygen atoms in total. The highest BCUT2D eigenvalue weighted by Gasteiger charge is 2.30. The molecular weight excluding hydrogens is 338 g/mol. The molecule has 1 aromatic carbocycles. The van der Waals surface area contributed by atoms with Gasteiger partial charge in [0.25, 0.3) is 5.91 Å². The number of hydrogen-bond donors (Lipinski definition) is 0. The summed E-state index contributed by atoms with van der Waals surface area (Å²) in [5.74, 6) is -1.17. The van der Waals surface area contributed by atoms with E-state index in [-0.39, 0.29) is 31.2 Å². The van der Waals surface area contributed by atoms with Gasteiger partial charge in [-0.05, 0) is 18.6 Å². The van der Waals surface area contributed by atoms with E-state index in [9.17, 15) is 14.4 Å². The molecular formula is C15H14ClN3O3S. The largest absolute Gasteiger partial charge is 0.319 e. The van der Waals surface area contributed by atoms with Crippen LogP contribution in [0.4, 0.5) is 0 Å². The second-order valence-corrected chi connectivity index (χ2v) is 6.75. The molecule has 8 heteroatoms. The van der Waals surface area contributed by atoms with E-state index in [4.69, 9.17) is 11.6 Å². The highest BCUT2D eigenvalue weighted by Crippen LogP contribution is 2.28. The van der Waals surface area contributed by atoms with Gasteiger partial charge in [0.1, 0.15) is 6.54 Å². The normalized spacial score (nSPS) is 16.0. The molecule has 1 aliphatic rings. The summed E-state index contributed by atoms with van der Waals surface area (Å²) in [4.78, 5) is 40.7. The van der Waals surface area contributed by atoms with E-state index in [0.717, 1.165) is 20.7 Å². The van der Waals surface area contributed by atoms with Crippen molar-refractivity contribution in [2.75, 3.05) is 6.54 Å². The molecule has 0 bridgehead atoms. The van der Waals surface area contributed by atoms with Crippen molar-refractivity contribution in [1.82, 2.24) is 9.47 Å². The number of fused-ring (bicyclic) bond motifs is 1. The Kier molecular flexibility index (Phi) is 4.08. The average Bonchev–Trinajstić information content (AvgIpc) is 2.99. The Morgan fingerprint density at radius 3 is 2.57 bits per heavy atom. The average molecular weight is 352 g/mol. The van der Waals surface area contributed by atoms with Gasteiger partial charge in [-0.2, -0.15) is 4.99 Å². The molecule has 0 radical (unpaired) electrons. The van der Waals surface area contributed by atoms with Gasteiger partial charge in [-0.25, -0.2) is 0 Å². The van der Waals surface area contributed by atoms with Gasteiger partial charge < -0.3 is 4.57 Å². The van der Waals surface area contributed by atoms with Crippen LogP contribution >= 0.6 is 22.9 Å². The van der Waals surface area contributed by atoms with Crippen molar-refractivity contribution >= 4 is 50.9 Å². The third-order valence-corrected chi connectivity index (χ3v) is 5.36. The van der Waals surface area contributed by atoms with E-state index >= 15 is 0 Å². The summed E-state index contributed by atoms with van der Waals surface area (Å²) in [5, 5.41) is 0.602. The number of aromatic nitrogens is 1. The van der Waals surface area contributed by atoms with Crippen molar-refractivity contribution in [2.45, 2.75) is 19.8 Å². The number of rotatable bonds is 2. The van der Waals surface area contributed by atoms with Crippen LogP contribution in [0.1, 0.15) is 18.4 Å². The van der Waals surface area contributed by atoms with Gasteiger partial charge in [0.15, 0.2) is 4.80 Å². The molecule has 2 aromatic rings. The van der Waals surface area contributed by atoms with Crippen molar-refractivity contribution in [3.63, 3.8) is 0 Å². The zero-order chi connectivity index (χ0) is 16.7. The maximum Gasteiger partial charge on any atom is 0.268 e. The van der Waals surface area contributed by atoms with Crippen LogP contribution in [0.2, 0.25) is 5.02 Å². The highest BCUT2D eigenvalue weighted by molar-refractivity contribution is 7.17. The Morgan fingerprint density at radius 2 is 1.96 bits per heavy atom. The molecule has 3 rings (SSSR count). The zero-order valence-corrected chi connectivity index (χ0v) is 14.2. The first kappa shape index (κ1) is 15.9. The van der Waals surface area contributed by atoms with Gasteiger partial charge in [-0.15, -0.1) is 0 Å². The number of amides is 3. The lowest BCUT2D eigenvalue weighted by Gasteiger charge is -2.09. The monoisotopic (exact) mass is 351 g/mol. The first-order chi connectivity index (χ1) is 10.9. The van der Waals surface area contributed by atoms with Crippen molar-refractivity contribution in [2.24, 2.45) is 12.0 Å². The number of hydrogen-bond acceptors (Lipinski definition) is 4. The number of halogens is 1. The minimum absolute atomic E-state index is 0.164. The Hall–Kier alpha value is -1.99.